The molecule has 0 saturated carbocycles. The summed E-state index contributed by atoms with van der Waals surface area (Å²) < 4.78 is 23.0. The molecule has 1 saturated heterocycles. The molecule has 1 atom stereocenters. The Morgan fingerprint density at radius 1 is 0.912 bits per heavy atom. The zero-order valence-electron chi connectivity index (χ0n) is 34.4. The largest absolute Gasteiger partial charge is 0.493 e. The predicted octanol–water partition coefficient (Wildman–Crippen LogP) is 8.39. The first kappa shape index (κ1) is 42.6. The molecule has 0 bridgehead atoms. The van der Waals surface area contributed by atoms with Crippen molar-refractivity contribution in [2.24, 2.45) is 5.92 Å². The maximum absolute atomic E-state index is 13.9. The Kier molecular flexibility index (Phi) is 14.6. The van der Waals surface area contributed by atoms with Crippen LogP contribution in [0.5, 0.6) is 11.5 Å². The van der Waals surface area contributed by atoms with Gasteiger partial charge < -0.3 is 34.1 Å². The van der Waals surface area contributed by atoms with Crippen LogP contribution in [0, 0.1) is 5.92 Å². The van der Waals surface area contributed by atoms with E-state index in [1.165, 1.54) is 16.9 Å². The van der Waals surface area contributed by atoms with E-state index in [2.05, 4.69) is 55.6 Å². The summed E-state index contributed by atoms with van der Waals surface area (Å²) >= 11 is 0. The van der Waals surface area contributed by atoms with Crippen molar-refractivity contribution in [2.75, 3.05) is 46.9 Å². The molecule has 1 fully saturated rings. The molecule has 1 N–H and O–H groups in total. The number of ether oxygens (including phenoxy) is 4. The minimum absolute atomic E-state index is 0.0306. The Morgan fingerprint density at radius 3 is 2.25 bits per heavy atom. The Balaban J connectivity index is 1.22. The van der Waals surface area contributed by atoms with Gasteiger partial charge in [0.1, 0.15) is 12.2 Å². The highest BCUT2D eigenvalue weighted by molar-refractivity contribution is 5.79. The number of hydrogen-bond donors (Lipinski definition) is 1. The van der Waals surface area contributed by atoms with Gasteiger partial charge in [0.05, 0.1) is 13.2 Å². The summed E-state index contributed by atoms with van der Waals surface area (Å²) in [4.78, 5) is 57.4. The highest BCUT2D eigenvalue weighted by atomic mass is 16.6. The summed E-state index contributed by atoms with van der Waals surface area (Å²) in [6.45, 7) is 10.6. The number of amides is 4. The van der Waals surface area contributed by atoms with Crippen molar-refractivity contribution in [1.29, 1.82) is 0 Å². The van der Waals surface area contributed by atoms with Crippen LogP contribution in [0.25, 0.3) is 11.1 Å². The molecule has 306 valence electrons. The predicted molar refractivity (Wildman–Crippen MR) is 219 cm³/mol. The van der Waals surface area contributed by atoms with E-state index in [1.54, 1.807) is 50.9 Å². The molecule has 1 aliphatic heterocycles. The Hall–Kier alpha value is -5.52. The van der Waals surface area contributed by atoms with Crippen molar-refractivity contribution < 1.29 is 38.1 Å². The van der Waals surface area contributed by atoms with Gasteiger partial charge in [0.15, 0.2) is 11.5 Å². The zero-order valence-corrected chi connectivity index (χ0v) is 34.4. The van der Waals surface area contributed by atoms with Gasteiger partial charge in [-0.25, -0.2) is 14.4 Å². The second kappa shape index (κ2) is 19.6. The highest BCUT2D eigenvalue weighted by Crippen LogP contribution is 2.44. The van der Waals surface area contributed by atoms with E-state index < -0.39 is 29.9 Å². The van der Waals surface area contributed by atoms with Crippen LogP contribution in [0.4, 0.5) is 14.4 Å². The first-order chi connectivity index (χ1) is 27.2. The van der Waals surface area contributed by atoms with Crippen LogP contribution in [-0.2, 0) is 20.8 Å². The maximum atomic E-state index is 13.9. The van der Waals surface area contributed by atoms with Gasteiger partial charge in [-0.1, -0.05) is 80.6 Å². The molecule has 12 heteroatoms. The first-order valence-electron chi connectivity index (χ1n) is 19.9. The van der Waals surface area contributed by atoms with Gasteiger partial charge in [0.2, 0.25) is 5.91 Å². The minimum Gasteiger partial charge on any atom is -0.493 e. The lowest BCUT2D eigenvalue weighted by Crippen LogP contribution is -2.60. The molecule has 0 radical (unpaired) electrons. The Labute approximate surface area is 337 Å². The molecule has 2 aliphatic rings. The number of hydrogen-bond acceptors (Lipinski definition) is 8. The lowest BCUT2D eigenvalue weighted by atomic mass is 9.98. The number of rotatable bonds is 14. The first-order valence-corrected chi connectivity index (χ1v) is 19.9. The molecule has 1 aliphatic carbocycles. The van der Waals surface area contributed by atoms with Gasteiger partial charge in [-0.3, -0.25) is 9.69 Å². The van der Waals surface area contributed by atoms with Crippen LogP contribution in [0.1, 0.15) is 82.9 Å². The van der Waals surface area contributed by atoms with Crippen LogP contribution in [0.15, 0.2) is 78.9 Å². The lowest BCUT2D eigenvalue weighted by molar-refractivity contribution is -0.121. The average molecular weight is 783 g/mol. The SMILES string of the molecule is COc1cc(CNC(=O)CCCC/C=C/C(C)C)ccc1OC(=O)N1CCN(C(=O)OCC2c3ccccc3-c3ccccc32)CC1CN(C)C(=O)OC(C)(C)C. The summed E-state index contributed by atoms with van der Waals surface area (Å²) in [7, 11) is 3.07. The number of carbonyl (C=O) groups is 4. The third-order valence-electron chi connectivity index (χ3n) is 9.96. The molecule has 4 amide bonds. The number of piperazine rings is 1. The van der Waals surface area contributed by atoms with E-state index >= 15 is 0 Å². The molecule has 0 aromatic heterocycles. The second-order valence-corrected chi connectivity index (χ2v) is 16.0. The van der Waals surface area contributed by atoms with Crippen molar-refractivity contribution in [3.63, 3.8) is 0 Å². The fourth-order valence-electron chi connectivity index (χ4n) is 7.10. The van der Waals surface area contributed by atoms with Gasteiger partial charge in [-0.15, -0.1) is 0 Å². The highest BCUT2D eigenvalue weighted by Gasteiger charge is 2.37. The van der Waals surface area contributed by atoms with Crippen molar-refractivity contribution in [1.82, 2.24) is 20.0 Å². The summed E-state index contributed by atoms with van der Waals surface area (Å²) in [6, 6.07) is 20.8. The van der Waals surface area contributed by atoms with Crippen LogP contribution >= 0.6 is 0 Å². The van der Waals surface area contributed by atoms with Gasteiger partial charge in [-0.05, 0) is 85.9 Å². The van der Waals surface area contributed by atoms with E-state index in [-0.39, 0.29) is 50.4 Å². The average Bonchev–Trinajstić information content (AvgIpc) is 3.50. The Bertz CT molecular complexity index is 1860. The van der Waals surface area contributed by atoms with Gasteiger partial charge in [0.25, 0.3) is 0 Å². The molecule has 3 aromatic carbocycles. The maximum Gasteiger partial charge on any atom is 0.415 e. The molecular weight excluding hydrogens is 725 g/mol. The Morgan fingerprint density at radius 2 is 1.60 bits per heavy atom. The standard InChI is InChI=1S/C45H58N4O8/c1-31(2)16-10-8-9-11-21-41(50)46-27-32-22-23-39(40(26-32)54-7)56-44(53)49-25-24-48(29-33(49)28-47(6)42(51)57-45(3,4)5)43(52)55-30-38-36-19-14-12-17-34(36)35-18-13-15-20-37(35)38/h10,12-20,22-23,26,31,33,38H,8-9,11,21,24-25,27-30H2,1-7H3,(H,46,50)/b16-10+. The topological polar surface area (TPSA) is 127 Å². The summed E-state index contributed by atoms with van der Waals surface area (Å²) in [5.41, 5.74) is 4.56. The fraction of sp³-hybridized carbons (Fsp3) is 0.467. The van der Waals surface area contributed by atoms with E-state index in [9.17, 15) is 19.2 Å². The summed E-state index contributed by atoms with van der Waals surface area (Å²) in [5.74, 6) is 0.917. The quantitative estimate of drug-likeness (QED) is 0.128. The van der Waals surface area contributed by atoms with Crippen molar-refractivity contribution >= 4 is 24.2 Å². The molecule has 12 nitrogen and oxygen atoms in total. The number of fused-ring (bicyclic) bond motifs is 3. The van der Waals surface area contributed by atoms with Gasteiger partial charge in [-0.2, -0.15) is 0 Å². The molecule has 0 spiro atoms. The number of likely N-dealkylation sites (N-methyl/N-ethyl adjacent to an activating group) is 1. The number of unbranched alkanes of at least 4 members (excludes halogenated alkanes) is 2. The lowest BCUT2D eigenvalue weighted by Gasteiger charge is -2.41. The number of benzene rings is 3. The van der Waals surface area contributed by atoms with E-state index in [1.807, 2.05) is 24.3 Å². The minimum atomic E-state index is -0.722. The normalized spacial score (nSPS) is 15.3. The molecule has 57 heavy (non-hydrogen) atoms. The van der Waals surface area contributed by atoms with Gasteiger partial charge in [0, 0.05) is 52.1 Å². The number of allylic oxidation sites excluding steroid dienone is 2. The number of nitrogens with one attached hydrogen (secondary N) is 1. The van der Waals surface area contributed by atoms with Crippen LogP contribution in [0.2, 0.25) is 0 Å². The van der Waals surface area contributed by atoms with Crippen LogP contribution < -0.4 is 14.8 Å². The van der Waals surface area contributed by atoms with Gasteiger partial charge >= 0.3 is 18.3 Å². The van der Waals surface area contributed by atoms with Crippen molar-refractivity contribution in [3.8, 4) is 22.6 Å². The molecule has 3 aromatic rings. The number of carbonyl (C=O) groups excluding carboxylic acids is 4. The summed E-state index contributed by atoms with van der Waals surface area (Å²) in [6.07, 6.45) is 5.78. The van der Waals surface area contributed by atoms with E-state index in [0.29, 0.717) is 24.6 Å². The van der Waals surface area contributed by atoms with E-state index in [4.69, 9.17) is 18.9 Å². The molecule has 1 heterocycles. The van der Waals surface area contributed by atoms with E-state index in [0.717, 1.165) is 47.1 Å². The van der Waals surface area contributed by atoms with Crippen molar-refractivity contribution in [3.05, 3.63) is 95.6 Å². The van der Waals surface area contributed by atoms with Crippen LogP contribution in [0.3, 0.4) is 0 Å². The third kappa shape index (κ3) is 11.8. The smallest absolute Gasteiger partial charge is 0.415 e. The summed E-state index contributed by atoms with van der Waals surface area (Å²) in [5, 5.41) is 2.95. The number of nitrogens with zero attached hydrogens (tertiary/aromatic N) is 3. The molecular formula is C45H58N4O8. The number of methoxy groups -OCH3 is 1. The zero-order chi connectivity index (χ0) is 41.1. The monoisotopic (exact) mass is 782 g/mol. The van der Waals surface area contributed by atoms with Crippen molar-refractivity contribution in [2.45, 2.75) is 84.4 Å². The molecule has 1 unspecified atom stereocenters. The third-order valence-corrected chi connectivity index (χ3v) is 9.96. The fourth-order valence-corrected chi connectivity index (χ4v) is 7.10. The molecule has 5 rings (SSSR count). The second-order valence-electron chi connectivity index (χ2n) is 16.0. The van der Waals surface area contributed by atoms with Crippen LogP contribution in [-0.4, -0.2) is 97.5 Å².